The molecule has 0 aliphatic carbocycles. The summed E-state index contributed by atoms with van der Waals surface area (Å²) in [5.41, 5.74) is 2.64. The first-order valence-corrected chi connectivity index (χ1v) is 9.87. The third kappa shape index (κ3) is 2.41. The van der Waals surface area contributed by atoms with E-state index in [0.29, 0.717) is 5.79 Å². The highest BCUT2D eigenvalue weighted by Gasteiger charge is 2.39. The number of nitrogens with zero attached hydrogens (tertiary/aromatic N) is 2. The minimum Gasteiger partial charge on any atom is -0.355 e. The lowest BCUT2D eigenvalue weighted by atomic mass is 10.3. The van der Waals surface area contributed by atoms with Crippen LogP contribution in [0.25, 0.3) is 0 Å². The van der Waals surface area contributed by atoms with Crippen molar-refractivity contribution in [3.8, 4) is 0 Å². The molecule has 0 spiro atoms. The van der Waals surface area contributed by atoms with Crippen LogP contribution in [0.1, 0.15) is 0 Å². The van der Waals surface area contributed by atoms with Crippen LogP contribution in [0.15, 0.2) is 84.9 Å². The molecule has 0 atom stereocenters. The predicted molar refractivity (Wildman–Crippen MR) is 105 cm³/mol. The number of para-hydroxylation sites is 2. The van der Waals surface area contributed by atoms with Crippen LogP contribution in [0.2, 0.25) is 0 Å². The van der Waals surface area contributed by atoms with Crippen molar-refractivity contribution in [1.29, 1.82) is 0 Å². The fourth-order valence-corrected chi connectivity index (χ4v) is 6.76. The highest BCUT2D eigenvalue weighted by molar-refractivity contribution is 6.87. The van der Waals surface area contributed by atoms with Gasteiger partial charge in [0, 0.05) is 14.1 Å². The molecule has 3 heteroatoms. The maximum absolute atomic E-state index is 2.45. The highest BCUT2D eigenvalue weighted by Crippen LogP contribution is 2.37. The van der Waals surface area contributed by atoms with E-state index in [4.69, 9.17) is 0 Å². The summed E-state index contributed by atoms with van der Waals surface area (Å²) in [5, 5.41) is 2.90. The highest BCUT2D eigenvalue weighted by atomic mass is 28.3. The minimum absolute atomic E-state index is 0.359. The van der Waals surface area contributed by atoms with Crippen molar-refractivity contribution in [2.75, 3.05) is 23.9 Å². The van der Waals surface area contributed by atoms with E-state index in [-0.39, 0.29) is 0 Å². The molecule has 119 valence electrons. The quantitative estimate of drug-likeness (QED) is 0.682. The minimum atomic E-state index is -0.989. The van der Waals surface area contributed by atoms with E-state index < -0.39 is 8.80 Å². The van der Waals surface area contributed by atoms with Crippen molar-refractivity contribution >= 4 is 30.5 Å². The van der Waals surface area contributed by atoms with Gasteiger partial charge in [-0.15, -0.1) is 0 Å². The van der Waals surface area contributed by atoms with Crippen molar-refractivity contribution in [1.82, 2.24) is 0 Å². The fraction of sp³-hybridized carbons (Fsp3) is 0.143. The van der Waals surface area contributed by atoms with Gasteiger partial charge in [0.15, 0.2) is 8.80 Å². The van der Waals surface area contributed by atoms with Gasteiger partial charge < -0.3 is 9.80 Å². The van der Waals surface area contributed by atoms with Crippen LogP contribution in [-0.4, -0.2) is 28.7 Å². The summed E-state index contributed by atoms with van der Waals surface area (Å²) < 4.78 is 0. The average molecular weight is 329 g/mol. The van der Waals surface area contributed by atoms with Gasteiger partial charge in [0.25, 0.3) is 0 Å². The van der Waals surface area contributed by atoms with Gasteiger partial charge in [0.1, 0.15) is 0 Å². The Balaban J connectivity index is 1.84. The number of hydrogen-bond donors (Lipinski definition) is 0. The van der Waals surface area contributed by atoms with Crippen LogP contribution in [-0.2, 0) is 0 Å². The first-order chi connectivity index (χ1) is 11.8. The molecule has 0 saturated carbocycles. The molecule has 1 aliphatic rings. The molecule has 0 N–H and O–H groups in total. The van der Waals surface area contributed by atoms with E-state index in [1.807, 2.05) is 0 Å². The van der Waals surface area contributed by atoms with Gasteiger partial charge >= 0.3 is 0 Å². The Kier molecular flexibility index (Phi) is 3.87. The summed E-state index contributed by atoms with van der Waals surface area (Å²) in [7, 11) is 3.46. The molecule has 0 amide bonds. The number of anilines is 2. The first-order valence-electron chi connectivity index (χ1n) is 8.30. The van der Waals surface area contributed by atoms with Gasteiger partial charge in [-0.1, -0.05) is 83.2 Å². The molecule has 0 fully saturated rings. The zero-order chi connectivity index (χ0) is 16.5. The van der Waals surface area contributed by atoms with Crippen LogP contribution in [0.5, 0.6) is 0 Å². The van der Waals surface area contributed by atoms with Gasteiger partial charge in [-0.2, -0.15) is 0 Å². The molecule has 2 nitrogen and oxygen atoms in total. The third-order valence-electron chi connectivity index (χ3n) is 4.80. The molecule has 1 heterocycles. The van der Waals surface area contributed by atoms with Gasteiger partial charge in [-0.25, -0.2) is 0 Å². The second kappa shape index (κ2) is 6.17. The molecule has 1 radical (unpaired) electrons. The molecule has 0 aromatic heterocycles. The number of fused-ring (bicyclic) bond motifs is 1. The maximum Gasteiger partial charge on any atom is 0.173 e. The smallest absolute Gasteiger partial charge is 0.173 e. The van der Waals surface area contributed by atoms with Crippen molar-refractivity contribution < 1.29 is 0 Å². The maximum atomic E-state index is 2.45. The van der Waals surface area contributed by atoms with Gasteiger partial charge in [-0.05, 0) is 12.1 Å². The number of benzene rings is 3. The van der Waals surface area contributed by atoms with E-state index in [1.165, 1.54) is 21.7 Å². The lowest BCUT2D eigenvalue weighted by molar-refractivity contribution is 0.831. The lowest BCUT2D eigenvalue weighted by Crippen LogP contribution is -2.62. The Bertz CT molecular complexity index is 751. The molecule has 4 rings (SSSR count). The number of rotatable bonds is 3. The van der Waals surface area contributed by atoms with Crippen LogP contribution in [0, 0.1) is 0 Å². The summed E-state index contributed by atoms with van der Waals surface area (Å²) >= 11 is 0. The van der Waals surface area contributed by atoms with Crippen LogP contribution in [0.3, 0.4) is 0 Å². The molecule has 3 aromatic rings. The SMILES string of the molecule is CN1c2ccccc2N(C)C1[Si](c1ccccc1)c1ccccc1. The second-order valence-corrected chi connectivity index (χ2v) is 8.73. The molecule has 0 bridgehead atoms. The zero-order valence-electron chi connectivity index (χ0n) is 14.1. The summed E-state index contributed by atoms with van der Waals surface area (Å²) in [5.74, 6) is 0.359. The van der Waals surface area contributed by atoms with E-state index in [1.54, 1.807) is 0 Å². The van der Waals surface area contributed by atoms with Crippen molar-refractivity contribution in [3.05, 3.63) is 84.9 Å². The van der Waals surface area contributed by atoms with E-state index in [9.17, 15) is 0 Å². The Morgan fingerprint density at radius 3 is 1.38 bits per heavy atom. The standard InChI is InChI=1S/C21H21N2Si/c1-22-19-15-9-10-16-20(19)23(2)21(22)24(17-11-5-3-6-12-17)18-13-7-4-8-14-18/h3-16,21H,1-2H3. The second-order valence-electron chi connectivity index (χ2n) is 6.23. The molecule has 0 saturated heterocycles. The third-order valence-corrected chi connectivity index (χ3v) is 8.00. The Morgan fingerprint density at radius 2 is 0.958 bits per heavy atom. The largest absolute Gasteiger partial charge is 0.355 e. The predicted octanol–water partition coefficient (Wildman–Crippen LogP) is 2.75. The molecule has 1 aliphatic heterocycles. The van der Waals surface area contributed by atoms with E-state index in [0.717, 1.165) is 0 Å². The van der Waals surface area contributed by atoms with Crippen LogP contribution < -0.4 is 20.2 Å². The number of hydrogen-bond acceptors (Lipinski definition) is 2. The van der Waals surface area contributed by atoms with Crippen molar-refractivity contribution in [2.24, 2.45) is 0 Å². The monoisotopic (exact) mass is 329 g/mol. The molecule has 3 aromatic carbocycles. The van der Waals surface area contributed by atoms with Gasteiger partial charge in [-0.3, -0.25) is 0 Å². The normalized spacial score (nSPS) is 14.3. The topological polar surface area (TPSA) is 6.48 Å². The summed E-state index contributed by atoms with van der Waals surface area (Å²) in [6.07, 6.45) is 0. The van der Waals surface area contributed by atoms with Gasteiger partial charge in [0.2, 0.25) is 0 Å². The van der Waals surface area contributed by atoms with Crippen molar-refractivity contribution in [3.63, 3.8) is 0 Å². The lowest BCUT2D eigenvalue weighted by Gasteiger charge is -2.34. The molecule has 0 unspecified atom stereocenters. The Hall–Kier alpha value is -2.52. The zero-order valence-corrected chi connectivity index (χ0v) is 15.1. The first kappa shape index (κ1) is 15.0. The van der Waals surface area contributed by atoms with Crippen LogP contribution >= 0.6 is 0 Å². The van der Waals surface area contributed by atoms with Crippen molar-refractivity contribution in [2.45, 2.75) is 5.79 Å². The summed E-state index contributed by atoms with van der Waals surface area (Å²) in [6.45, 7) is 0. The average Bonchev–Trinajstić information content (AvgIpc) is 2.90. The Labute approximate surface area is 145 Å². The van der Waals surface area contributed by atoms with Gasteiger partial charge in [0.05, 0.1) is 17.2 Å². The van der Waals surface area contributed by atoms with E-state index >= 15 is 0 Å². The summed E-state index contributed by atoms with van der Waals surface area (Å²) in [4.78, 5) is 4.90. The van der Waals surface area contributed by atoms with E-state index in [2.05, 4.69) is 109 Å². The molecule has 24 heavy (non-hydrogen) atoms. The fourth-order valence-electron chi connectivity index (χ4n) is 3.67. The molecular formula is C21H21N2Si. The molecular weight excluding hydrogens is 308 g/mol. The van der Waals surface area contributed by atoms with Crippen LogP contribution in [0.4, 0.5) is 11.4 Å². The Morgan fingerprint density at radius 1 is 0.583 bits per heavy atom. The summed E-state index contributed by atoms with van der Waals surface area (Å²) in [6, 6.07) is 30.7.